The van der Waals surface area contributed by atoms with E-state index in [4.69, 9.17) is 11.1 Å². The first-order valence-electron chi connectivity index (χ1n) is 15.7. The van der Waals surface area contributed by atoms with E-state index in [2.05, 4.69) is 52.9 Å². The van der Waals surface area contributed by atoms with E-state index in [1.807, 2.05) is 24.3 Å². The maximum atomic E-state index is 12.7. The summed E-state index contributed by atoms with van der Waals surface area (Å²) >= 11 is 0. The first kappa shape index (κ1) is 30.5. The van der Waals surface area contributed by atoms with Gasteiger partial charge in [-0.15, -0.1) is 0 Å². The molecule has 3 N–H and O–H groups in total. The van der Waals surface area contributed by atoms with Crippen LogP contribution in [0.15, 0.2) is 59.1 Å². The van der Waals surface area contributed by atoms with Crippen molar-refractivity contribution in [3.05, 3.63) is 76.4 Å². The third kappa shape index (κ3) is 9.04. The number of allylic oxidation sites excluding steroid dienone is 1. The van der Waals surface area contributed by atoms with Crippen molar-refractivity contribution in [2.45, 2.75) is 84.5 Å². The van der Waals surface area contributed by atoms with E-state index in [1.165, 1.54) is 54.5 Å². The molecule has 0 bridgehead atoms. The summed E-state index contributed by atoms with van der Waals surface area (Å²) in [6.45, 7) is 8.56. The second kappa shape index (κ2) is 15.6. The molecule has 1 aliphatic heterocycles. The van der Waals surface area contributed by atoms with Gasteiger partial charge in [-0.2, -0.15) is 0 Å². The average Bonchev–Trinajstić information content (AvgIpc) is 2.99. The lowest BCUT2D eigenvalue weighted by atomic mass is 9.86. The summed E-state index contributed by atoms with van der Waals surface area (Å²) in [4.78, 5) is 21.7. The maximum Gasteiger partial charge on any atom is 0.222 e. The van der Waals surface area contributed by atoms with Gasteiger partial charge in [-0.1, -0.05) is 68.9 Å². The molecule has 6 nitrogen and oxygen atoms in total. The topological polar surface area (TPSA) is 85.8 Å². The fourth-order valence-corrected chi connectivity index (χ4v) is 5.87. The van der Waals surface area contributed by atoms with Crippen LogP contribution in [-0.2, 0) is 11.2 Å². The second-order valence-corrected chi connectivity index (χ2v) is 11.7. The number of nitrogens with one attached hydrogen (secondary N) is 1. The monoisotopic (exact) mass is 555 g/mol. The molecule has 2 aromatic carbocycles. The van der Waals surface area contributed by atoms with E-state index in [0.717, 1.165) is 76.0 Å². The lowest BCUT2D eigenvalue weighted by Crippen LogP contribution is -2.48. The number of hydrogen-bond donors (Lipinski definition) is 2. The zero-order valence-electron chi connectivity index (χ0n) is 25.3. The molecular formula is C35H49N5O. The van der Waals surface area contributed by atoms with Crippen molar-refractivity contribution < 1.29 is 4.79 Å². The lowest BCUT2D eigenvalue weighted by molar-refractivity contribution is -0.131. The van der Waals surface area contributed by atoms with E-state index in [1.54, 1.807) is 0 Å². The first-order valence-corrected chi connectivity index (χ1v) is 15.7. The van der Waals surface area contributed by atoms with Crippen molar-refractivity contribution in [2.75, 3.05) is 37.6 Å². The molecule has 0 spiro atoms. The quantitative estimate of drug-likeness (QED) is 0.163. The highest BCUT2D eigenvalue weighted by atomic mass is 16.2. The molecule has 1 amide bonds. The number of carbonyl (C=O) groups is 1. The number of amidine groups is 1. The van der Waals surface area contributed by atoms with Crippen LogP contribution in [0, 0.1) is 19.3 Å². The zero-order valence-corrected chi connectivity index (χ0v) is 25.3. The number of unbranched alkanes of at least 4 members (excludes halogenated alkanes) is 7. The number of nitrogens with two attached hydrogens (primary N) is 1. The van der Waals surface area contributed by atoms with Crippen molar-refractivity contribution in [3.63, 3.8) is 0 Å². The van der Waals surface area contributed by atoms with E-state index in [-0.39, 0.29) is 0 Å². The number of fused-ring (bicyclic) bond motifs is 1. The Balaban J connectivity index is 1.00. The molecule has 41 heavy (non-hydrogen) atoms. The minimum Gasteiger partial charge on any atom is -0.384 e. The maximum absolute atomic E-state index is 12.7. The number of benzene rings is 2. The Morgan fingerprint density at radius 2 is 1.56 bits per heavy atom. The number of carbonyl (C=O) groups excluding carboxylic acids is 1. The van der Waals surface area contributed by atoms with Gasteiger partial charge in [0.05, 0.1) is 5.71 Å². The van der Waals surface area contributed by atoms with Crippen molar-refractivity contribution >= 4 is 23.1 Å². The van der Waals surface area contributed by atoms with Gasteiger partial charge in [0.15, 0.2) is 0 Å². The molecule has 0 aromatic heterocycles. The lowest BCUT2D eigenvalue weighted by Gasteiger charge is -2.36. The largest absolute Gasteiger partial charge is 0.384 e. The standard InChI is InChI=1S/C35H49N5O/c1-27-16-19-31(25-28(27)2)39-21-23-40(24-22-39)34(41)15-9-7-5-3-4-6-8-12-20-38-33(36)26-30-18-17-29-13-10-11-14-32(29)35(30)37/h10-11,13-14,16,19,25-26,37H,3-9,12,15,17-18,20-24H2,1-2H3,(H2,36,38)/b30-26-,37-35?. The SMILES string of the molecule is Cc1ccc(N2CCN(C(=O)CCCCCCCCCCN=C(N)/C=C3/CCc4ccccc4C3=N)CC2)cc1C. The predicted octanol–water partition coefficient (Wildman–Crippen LogP) is 6.76. The summed E-state index contributed by atoms with van der Waals surface area (Å²) < 4.78 is 0. The molecule has 1 fully saturated rings. The second-order valence-electron chi connectivity index (χ2n) is 11.7. The highest BCUT2D eigenvalue weighted by molar-refractivity contribution is 6.15. The van der Waals surface area contributed by atoms with Gasteiger partial charge in [0.25, 0.3) is 0 Å². The Morgan fingerprint density at radius 3 is 2.29 bits per heavy atom. The molecule has 1 heterocycles. The number of anilines is 1. The number of nitrogens with zero attached hydrogens (tertiary/aromatic N) is 3. The summed E-state index contributed by atoms with van der Waals surface area (Å²) in [6, 6.07) is 14.8. The highest BCUT2D eigenvalue weighted by Gasteiger charge is 2.21. The Hall–Kier alpha value is -3.41. The van der Waals surface area contributed by atoms with Gasteiger partial charge in [-0.05, 0) is 80.0 Å². The molecule has 1 aliphatic carbocycles. The zero-order chi connectivity index (χ0) is 29.0. The molecular weight excluding hydrogens is 506 g/mol. The van der Waals surface area contributed by atoms with Crippen LogP contribution in [0.1, 0.15) is 86.5 Å². The number of piperazine rings is 1. The number of hydrogen-bond acceptors (Lipinski definition) is 4. The van der Waals surface area contributed by atoms with E-state index in [0.29, 0.717) is 23.9 Å². The molecule has 0 unspecified atom stereocenters. The van der Waals surface area contributed by atoms with Crippen molar-refractivity contribution in [1.29, 1.82) is 5.41 Å². The average molecular weight is 556 g/mol. The molecule has 2 aromatic rings. The van der Waals surface area contributed by atoms with Crippen LogP contribution in [0.4, 0.5) is 5.69 Å². The smallest absolute Gasteiger partial charge is 0.222 e. The fourth-order valence-electron chi connectivity index (χ4n) is 5.87. The summed E-state index contributed by atoms with van der Waals surface area (Å²) in [5.41, 5.74) is 13.9. The van der Waals surface area contributed by atoms with Crippen LogP contribution in [0.2, 0.25) is 0 Å². The van der Waals surface area contributed by atoms with E-state index >= 15 is 0 Å². The summed E-state index contributed by atoms with van der Waals surface area (Å²) in [5, 5.41) is 8.48. The highest BCUT2D eigenvalue weighted by Crippen LogP contribution is 2.25. The third-order valence-electron chi connectivity index (χ3n) is 8.67. The summed E-state index contributed by atoms with van der Waals surface area (Å²) in [6.07, 6.45) is 13.7. The number of amides is 1. The van der Waals surface area contributed by atoms with Gasteiger partial charge >= 0.3 is 0 Å². The normalized spacial score (nSPS) is 16.8. The molecule has 4 rings (SSSR count). The van der Waals surface area contributed by atoms with Gasteiger partial charge in [-0.3, -0.25) is 15.2 Å². The number of aliphatic imine (C=N–C) groups is 1. The van der Waals surface area contributed by atoms with E-state index in [9.17, 15) is 4.79 Å². The van der Waals surface area contributed by atoms with Gasteiger partial charge in [0.1, 0.15) is 5.84 Å². The minimum absolute atomic E-state index is 0.324. The Kier molecular flexibility index (Phi) is 11.6. The van der Waals surface area contributed by atoms with Crippen LogP contribution in [0.3, 0.4) is 0 Å². The van der Waals surface area contributed by atoms with Gasteiger partial charge < -0.3 is 15.5 Å². The first-order chi connectivity index (χ1) is 19.9. The number of aryl methyl sites for hydroxylation is 3. The molecule has 0 saturated carbocycles. The molecule has 2 aliphatic rings. The Bertz CT molecular complexity index is 1240. The summed E-state index contributed by atoms with van der Waals surface area (Å²) in [7, 11) is 0. The summed E-state index contributed by atoms with van der Waals surface area (Å²) in [5.74, 6) is 0.868. The Morgan fingerprint density at radius 1 is 0.878 bits per heavy atom. The van der Waals surface area contributed by atoms with Crippen LogP contribution >= 0.6 is 0 Å². The van der Waals surface area contributed by atoms with Gasteiger partial charge in [0, 0.05) is 50.4 Å². The van der Waals surface area contributed by atoms with Crippen LogP contribution in [0.5, 0.6) is 0 Å². The molecule has 6 heteroatoms. The van der Waals surface area contributed by atoms with Gasteiger partial charge in [0.2, 0.25) is 5.91 Å². The third-order valence-corrected chi connectivity index (χ3v) is 8.67. The molecule has 1 saturated heterocycles. The van der Waals surface area contributed by atoms with Crippen LogP contribution < -0.4 is 10.6 Å². The number of rotatable bonds is 13. The van der Waals surface area contributed by atoms with Crippen molar-refractivity contribution in [2.24, 2.45) is 10.7 Å². The molecule has 0 radical (unpaired) electrons. The fraction of sp³-hybridized carbons (Fsp3) is 0.514. The predicted molar refractivity (Wildman–Crippen MR) is 172 cm³/mol. The van der Waals surface area contributed by atoms with Crippen LogP contribution in [-0.4, -0.2) is 55.1 Å². The minimum atomic E-state index is 0.324. The molecule has 0 atom stereocenters. The van der Waals surface area contributed by atoms with E-state index < -0.39 is 0 Å². The van der Waals surface area contributed by atoms with Gasteiger partial charge in [-0.25, -0.2) is 0 Å². The van der Waals surface area contributed by atoms with Crippen molar-refractivity contribution in [1.82, 2.24) is 4.90 Å². The van der Waals surface area contributed by atoms with Crippen molar-refractivity contribution in [3.8, 4) is 0 Å². The Labute approximate surface area is 247 Å². The molecule has 220 valence electrons. The van der Waals surface area contributed by atoms with Crippen LogP contribution in [0.25, 0.3) is 0 Å².